The largest absolute Gasteiger partial charge is 0.289 e. The van der Waals surface area contributed by atoms with Gasteiger partial charge in [0.05, 0.1) is 17.5 Å². The number of hydrazone groups is 1. The van der Waals surface area contributed by atoms with Gasteiger partial charge >= 0.3 is 0 Å². The van der Waals surface area contributed by atoms with E-state index in [0.29, 0.717) is 5.69 Å². The van der Waals surface area contributed by atoms with E-state index in [0.717, 1.165) is 42.7 Å². The Bertz CT molecular complexity index is 981. The quantitative estimate of drug-likeness (QED) is 0.745. The van der Waals surface area contributed by atoms with Crippen molar-refractivity contribution in [3.8, 4) is 0 Å². The van der Waals surface area contributed by atoms with Crippen molar-refractivity contribution in [2.45, 2.75) is 43.9 Å². The number of hydrogen-bond acceptors (Lipinski definition) is 5. The molecule has 2 fully saturated rings. The molecule has 3 atom stereocenters. The van der Waals surface area contributed by atoms with E-state index >= 15 is 0 Å². The Morgan fingerprint density at radius 1 is 1.00 bits per heavy atom. The van der Waals surface area contributed by atoms with E-state index in [4.69, 9.17) is 0 Å². The van der Waals surface area contributed by atoms with Crippen molar-refractivity contribution in [1.29, 1.82) is 0 Å². The summed E-state index contributed by atoms with van der Waals surface area (Å²) < 4.78 is 0. The van der Waals surface area contributed by atoms with Gasteiger partial charge in [-0.15, -0.1) is 0 Å². The number of nitrogens with zero attached hydrogens (tertiary/aromatic N) is 2. The number of rotatable bonds is 4. The van der Waals surface area contributed by atoms with Crippen LogP contribution in [-0.4, -0.2) is 16.9 Å². The van der Waals surface area contributed by atoms with Crippen LogP contribution in [0.4, 0.5) is 5.69 Å². The van der Waals surface area contributed by atoms with E-state index in [1.54, 1.807) is 11.8 Å². The number of imide groups is 1. The molecule has 154 valence electrons. The van der Waals surface area contributed by atoms with Gasteiger partial charge in [-0.05, 0) is 43.0 Å². The molecule has 30 heavy (non-hydrogen) atoms. The predicted octanol–water partition coefficient (Wildman–Crippen LogP) is 4.43. The summed E-state index contributed by atoms with van der Waals surface area (Å²) in [6, 6.07) is 18.1. The van der Waals surface area contributed by atoms with Gasteiger partial charge in [-0.25, -0.2) is 0 Å². The molecular weight excluding hydrogens is 394 g/mol. The number of nitrogens with one attached hydrogen (secondary N) is 1. The Morgan fingerprint density at radius 3 is 2.27 bits per heavy atom. The number of anilines is 1. The normalized spacial score (nSPS) is 28.3. The molecular formula is C24H25N3O2S. The van der Waals surface area contributed by atoms with Crippen molar-refractivity contribution in [2.75, 3.05) is 4.90 Å². The van der Waals surface area contributed by atoms with Crippen LogP contribution in [0.1, 0.15) is 43.7 Å². The van der Waals surface area contributed by atoms with Gasteiger partial charge in [-0.3, -0.25) is 19.9 Å². The van der Waals surface area contributed by atoms with Crippen molar-refractivity contribution in [1.82, 2.24) is 5.43 Å². The highest BCUT2D eigenvalue weighted by atomic mass is 32.2. The zero-order chi connectivity index (χ0) is 20.7. The lowest BCUT2D eigenvalue weighted by atomic mass is 9.81. The fraction of sp³-hybridized carbons (Fsp3) is 0.375. The molecule has 0 unspecified atom stereocenters. The smallest absolute Gasteiger partial charge is 0.237 e. The first-order valence-corrected chi connectivity index (χ1v) is 11.4. The lowest BCUT2D eigenvalue weighted by Gasteiger charge is -2.24. The number of carbonyl (C=O) groups is 2. The molecule has 1 saturated carbocycles. The maximum Gasteiger partial charge on any atom is 0.237 e. The highest BCUT2D eigenvalue weighted by molar-refractivity contribution is 8.14. The monoisotopic (exact) mass is 419 g/mol. The SMILES string of the molecule is C[C@]1(c2ccc(N3C(=O)[C@H]4CCCC[C@@H]4C3=O)cc2)NN=C(Cc2ccccc2)S1. The van der Waals surface area contributed by atoms with Crippen LogP contribution in [0.5, 0.6) is 0 Å². The van der Waals surface area contributed by atoms with E-state index in [2.05, 4.69) is 29.6 Å². The second-order valence-corrected chi connectivity index (χ2v) is 9.96. The Morgan fingerprint density at radius 2 is 1.63 bits per heavy atom. The van der Waals surface area contributed by atoms with Gasteiger partial charge in [-0.1, -0.05) is 67.1 Å². The Hall–Kier alpha value is -2.60. The minimum Gasteiger partial charge on any atom is -0.289 e. The minimum atomic E-state index is -0.365. The highest BCUT2D eigenvalue weighted by Crippen LogP contribution is 2.42. The number of carbonyl (C=O) groups excluding carboxylic acids is 2. The maximum absolute atomic E-state index is 12.8. The molecule has 1 N–H and O–H groups in total. The molecule has 5 rings (SSSR count). The summed E-state index contributed by atoms with van der Waals surface area (Å²) >= 11 is 1.71. The van der Waals surface area contributed by atoms with Crippen molar-refractivity contribution < 1.29 is 9.59 Å². The summed E-state index contributed by atoms with van der Waals surface area (Å²) in [5.74, 6) is -0.287. The minimum absolute atomic E-state index is 0.0227. The van der Waals surface area contributed by atoms with Gasteiger partial charge in [0.15, 0.2) is 0 Å². The number of benzene rings is 2. The van der Waals surface area contributed by atoms with Gasteiger partial charge in [0, 0.05) is 6.42 Å². The van der Waals surface area contributed by atoms with Crippen molar-refractivity contribution in [2.24, 2.45) is 16.9 Å². The van der Waals surface area contributed by atoms with E-state index < -0.39 is 0 Å². The summed E-state index contributed by atoms with van der Waals surface area (Å²) in [6.07, 6.45) is 4.55. The average molecular weight is 420 g/mol. The first-order valence-electron chi connectivity index (χ1n) is 10.6. The number of hydrogen-bond donors (Lipinski definition) is 1. The van der Waals surface area contributed by atoms with E-state index in [9.17, 15) is 9.59 Å². The van der Waals surface area contributed by atoms with Crippen molar-refractivity contribution >= 4 is 34.3 Å². The second-order valence-electron chi connectivity index (χ2n) is 8.47. The van der Waals surface area contributed by atoms with Crippen LogP contribution in [0.3, 0.4) is 0 Å². The fourth-order valence-electron chi connectivity index (χ4n) is 4.77. The zero-order valence-electron chi connectivity index (χ0n) is 17.0. The molecule has 0 bridgehead atoms. The van der Waals surface area contributed by atoms with Crippen LogP contribution in [0, 0.1) is 11.8 Å². The summed E-state index contributed by atoms with van der Waals surface area (Å²) in [6.45, 7) is 2.11. The molecule has 5 nitrogen and oxygen atoms in total. The predicted molar refractivity (Wildman–Crippen MR) is 120 cm³/mol. The van der Waals surface area contributed by atoms with Gasteiger partial charge < -0.3 is 0 Å². The lowest BCUT2D eigenvalue weighted by Crippen LogP contribution is -2.31. The molecule has 2 aromatic rings. The van der Waals surface area contributed by atoms with Gasteiger partial charge in [0.1, 0.15) is 9.91 Å². The van der Waals surface area contributed by atoms with Gasteiger partial charge in [0.2, 0.25) is 11.8 Å². The third kappa shape index (κ3) is 3.33. The lowest BCUT2D eigenvalue weighted by molar-refractivity contribution is -0.122. The highest BCUT2D eigenvalue weighted by Gasteiger charge is 2.48. The number of thioether (sulfide) groups is 1. The summed E-state index contributed by atoms with van der Waals surface area (Å²) in [5, 5.41) is 5.59. The third-order valence-electron chi connectivity index (χ3n) is 6.43. The molecule has 2 aliphatic heterocycles. The standard InChI is InChI=1S/C24H25N3O2S/c1-24(26-25-21(30-24)15-16-7-3-2-4-8-16)17-11-13-18(14-12-17)27-22(28)19-9-5-6-10-20(19)23(27)29/h2-4,7-8,11-14,19-20,26H,5-6,9-10,15H2,1H3/t19-,20-,24-/m0/s1. The molecule has 2 amide bonds. The Labute approximate surface area is 180 Å². The molecule has 1 aliphatic carbocycles. The van der Waals surface area contributed by atoms with Crippen molar-refractivity contribution in [3.63, 3.8) is 0 Å². The maximum atomic E-state index is 12.8. The Kier molecular flexibility index (Phi) is 4.89. The molecule has 0 aromatic heterocycles. The summed E-state index contributed by atoms with van der Waals surface area (Å²) in [4.78, 5) is 26.7. The fourth-order valence-corrected chi connectivity index (χ4v) is 5.91. The molecule has 1 saturated heterocycles. The molecule has 0 spiro atoms. The molecule has 6 heteroatoms. The van der Waals surface area contributed by atoms with E-state index in [1.807, 2.05) is 42.5 Å². The Balaban J connectivity index is 1.31. The second kappa shape index (κ2) is 7.58. The zero-order valence-corrected chi connectivity index (χ0v) is 17.8. The van der Waals surface area contributed by atoms with Gasteiger partial charge in [0.25, 0.3) is 0 Å². The molecule has 2 heterocycles. The van der Waals surface area contributed by atoms with Gasteiger partial charge in [-0.2, -0.15) is 5.10 Å². The topological polar surface area (TPSA) is 61.8 Å². The summed E-state index contributed by atoms with van der Waals surface area (Å²) in [5.41, 5.74) is 6.25. The van der Waals surface area contributed by atoms with Crippen LogP contribution < -0.4 is 10.3 Å². The summed E-state index contributed by atoms with van der Waals surface area (Å²) in [7, 11) is 0. The first kappa shape index (κ1) is 19.4. The molecule has 3 aliphatic rings. The van der Waals surface area contributed by atoms with Crippen LogP contribution in [0.25, 0.3) is 0 Å². The molecule has 2 aromatic carbocycles. The van der Waals surface area contributed by atoms with Crippen LogP contribution >= 0.6 is 11.8 Å². The first-order chi connectivity index (χ1) is 14.5. The molecule has 0 radical (unpaired) electrons. The average Bonchev–Trinajstić information content (AvgIpc) is 3.27. The number of amides is 2. The van der Waals surface area contributed by atoms with Crippen LogP contribution in [0.2, 0.25) is 0 Å². The van der Waals surface area contributed by atoms with E-state index in [-0.39, 0.29) is 28.5 Å². The van der Waals surface area contributed by atoms with E-state index in [1.165, 1.54) is 10.5 Å². The van der Waals surface area contributed by atoms with Crippen molar-refractivity contribution in [3.05, 3.63) is 65.7 Å². The van der Waals surface area contributed by atoms with Crippen LogP contribution in [-0.2, 0) is 20.9 Å². The van der Waals surface area contributed by atoms with Crippen LogP contribution in [0.15, 0.2) is 59.7 Å². The third-order valence-corrected chi connectivity index (χ3v) is 7.64. The number of fused-ring (bicyclic) bond motifs is 1.